The molecule has 4 nitrogen and oxygen atoms in total. The molecule has 2 heterocycles. The molecule has 3 rings (SSSR count). The highest BCUT2D eigenvalue weighted by molar-refractivity contribution is 6.29. The third-order valence-corrected chi connectivity index (χ3v) is 2.88. The van der Waals surface area contributed by atoms with Crippen molar-refractivity contribution >= 4 is 22.5 Å². The number of ether oxygens (including phenoxy) is 1. The van der Waals surface area contributed by atoms with Crippen molar-refractivity contribution in [1.29, 1.82) is 0 Å². The van der Waals surface area contributed by atoms with Crippen LogP contribution in [0.3, 0.4) is 0 Å². The number of nitrogens with zero attached hydrogens (tertiary/aromatic N) is 3. The van der Waals surface area contributed by atoms with Crippen LogP contribution in [0.1, 0.15) is 0 Å². The molecule has 1 aromatic carbocycles. The minimum Gasteiger partial charge on any atom is -0.497 e. The summed E-state index contributed by atoms with van der Waals surface area (Å²) in [6.45, 7) is 0. The number of methoxy groups -OCH3 is 1. The van der Waals surface area contributed by atoms with Crippen LogP contribution in [0.5, 0.6) is 5.75 Å². The van der Waals surface area contributed by atoms with E-state index in [0.29, 0.717) is 5.15 Å². The number of benzene rings is 1. The Balaban J connectivity index is 2.13. The molecule has 18 heavy (non-hydrogen) atoms. The molecule has 5 heteroatoms. The zero-order valence-electron chi connectivity index (χ0n) is 9.67. The SMILES string of the molecule is COc1cccc(-n2cc3cnc(Cl)cc3n2)c1. The van der Waals surface area contributed by atoms with Gasteiger partial charge >= 0.3 is 0 Å². The minimum absolute atomic E-state index is 0.443. The number of rotatable bonds is 2. The van der Waals surface area contributed by atoms with E-state index in [1.165, 1.54) is 0 Å². The van der Waals surface area contributed by atoms with E-state index in [0.717, 1.165) is 22.3 Å². The Labute approximate surface area is 109 Å². The normalized spacial score (nSPS) is 10.8. The fourth-order valence-electron chi connectivity index (χ4n) is 1.78. The third-order valence-electron chi connectivity index (χ3n) is 2.67. The van der Waals surface area contributed by atoms with Crippen LogP contribution >= 0.6 is 11.6 Å². The van der Waals surface area contributed by atoms with E-state index in [-0.39, 0.29) is 0 Å². The summed E-state index contributed by atoms with van der Waals surface area (Å²) in [4.78, 5) is 4.04. The smallest absolute Gasteiger partial charge is 0.131 e. The van der Waals surface area contributed by atoms with E-state index in [1.54, 1.807) is 24.1 Å². The van der Waals surface area contributed by atoms with Crippen molar-refractivity contribution in [3.8, 4) is 11.4 Å². The van der Waals surface area contributed by atoms with Crippen molar-refractivity contribution in [1.82, 2.24) is 14.8 Å². The average Bonchev–Trinajstić information content (AvgIpc) is 2.81. The summed E-state index contributed by atoms with van der Waals surface area (Å²) in [6.07, 6.45) is 3.62. The maximum Gasteiger partial charge on any atom is 0.131 e. The van der Waals surface area contributed by atoms with Gasteiger partial charge in [0.2, 0.25) is 0 Å². The zero-order valence-corrected chi connectivity index (χ0v) is 10.4. The van der Waals surface area contributed by atoms with Crippen molar-refractivity contribution in [2.45, 2.75) is 0 Å². The van der Waals surface area contributed by atoms with Crippen molar-refractivity contribution in [2.75, 3.05) is 7.11 Å². The molecule has 0 fully saturated rings. The summed E-state index contributed by atoms with van der Waals surface area (Å²) in [5, 5.41) is 5.85. The maximum absolute atomic E-state index is 5.84. The summed E-state index contributed by atoms with van der Waals surface area (Å²) >= 11 is 5.84. The van der Waals surface area contributed by atoms with Crippen molar-refractivity contribution in [3.63, 3.8) is 0 Å². The zero-order chi connectivity index (χ0) is 12.5. The van der Waals surface area contributed by atoms with Crippen molar-refractivity contribution < 1.29 is 4.74 Å². The molecule has 0 unspecified atom stereocenters. The predicted octanol–water partition coefficient (Wildman–Crippen LogP) is 3.08. The second-order valence-electron chi connectivity index (χ2n) is 3.84. The number of hydrogen-bond donors (Lipinski definition) is 0. The van der Waals surface area contributed by atoms with Gasteiger partial charge in [-0.25, -0.2) is 9.67 Å². The van der Waals surface area contributed by atoms with Gasteiger partial charge in [0.15, 0.2) is 0 Å². The van der Waals surface area contributed by atoms with Gasteiger partial charge in [0.25, 0.3) is 0 Å². The quantitative estimate of drug-likeness (QED) is 0.664. The molecule has 3 aromatic rings. The van der Waals surface area contributed by atoms with E-state index in [1.807, 2.05) is 30.5 Å². The summed E-state index contributed by atoms with van der Waals surface area (Å²) < 4.78 is 6.98. The molecule has 0 aliphatic rings. The van der Waals surface area contributed by atoms with Crippen LogP contribution in [-0.2, 0) is 0 Å². The van der Waals surface area contributed by atoms with Gasteiger partial charge in [-0.2, -0.15) is 5.10 Å². The van der Waals surface area contributed by atoms with Gasteiger partial charge in [-0.05, 0) is 12.1 Å². The van der Waals surface area contributed by atoms with E-state index < -0.39 is 0 Å². The number of aromatic nitrogens is 3. The van der Waals surface area contributed by atoms with Crippen LogP contribution in [0.25, 0.3) is 16.6 Å². The molecule has 0 N–H and O–H groups in total. The maximum atomic E-state index is 5.84. The van der Waals surface area contributed by atoms with Gasteiger partial charge in [0, 0.05) is 29.9 Å². The van der Waals surface area contributed by atoms with Gasteiger partial charge in [0.05, 0.1) is 18.3 Å². The molecule has 0 amide bonds. The number of fused-ring (bicyclic) bond motifs is 1. The number of pyridine rings is 1. The fourth-order valence-corrected chi connectivity index (χ4v) is 1.93. The summed E-state index contributed by atoms with van der Waals surface area (Å²) in [6, 6.07) is 9.44. The Hall–Kier alpha value is -2.07. The van der Waals surface area contributed by atoms with Crippen LogP contribution in [0.15, 0.2) is 42.7 Å². The van der Waals surface area contributed by atoms with Crippen LogP contribution in [0.4, 0.5) is 0 Å². The average molecular weight is 260 g/mol. The third kappa shape index (κ3) is 1.91. The van der Waals surface area contributed by atoms with Gasteiger partial charge < -0.3 is 4.74 Å². The first-order valence-electron chi connectivity index (χ1n) is 5.41. The first-order valence-corrected chi connectivity index (χ1v) is 5.79. The van der Waals surface area contributed by atoms with Crippen LogP contribution in [0.2, 0.25) is 5.15 Å². The molecule has 0 saturated carbocycles. The summed E-state index contributed by atoms with van der Waals surface area (Å²) in [5.41, 5.74) is 1.75. The highest BCUT2D eigenvalue weighted by Gasteiger charge is 2.04. The van der Waals surface area contributed by atoms with Crippen LogP contribution < -0.4 is 4.74 Å². The Morgan fingerprint density at radius 1 is 1.28 bits per heavy atom. The molecular formula is C13H10ClN3O. The second-order valence-corrected chi connectivity index (χ2v) is 4.23. The lowest BCUT2D eigenvalue weighted by Crippen LogP contribution is -1.94. The topological polar surface area (TPSA) is 39.9 Å². The lowest BCUT2D eigenvalue weighted by atomic mass is 10.3. The Bertz CT molecular complexity index is 708. The first-order chi connectivity index (χ1) is 8.76. The Kier molecular flexibility index (Phi) is 2.64. The largest absolute Gasteiger partial charge is 0.497 e. The molecule has 0 aliphatic heterocycles. The molecule has 0 spiro atoms. The Morgan fingerprint density at radius 3 is 3.00 bits per heavy atom. The standard InChI is InChI=1S/C13H10ClN3O/c1-18-11-4-2-3-10(5-11)17-8-9-7-15-13(14)6-12(9)16-17/h2-8H,1H3. The second kappa shape index (κ2) is 4.31. The molecule has 2 aromatic heterocycles. The van der Waals surface area contributed by atoms with Crippen molar-refractivity contribution in [2.24, 2.45) is 0 Å². The molecule has 0 saturated heterocycles. The lowest BCUT2D eigenvalue weighted by molar-refractivity contribution is 0.414. The monoisotopic (exact) mass is 259 g/mol. The minimum atomic E-state index is 0.443. The highest BCUT2D eigenvalue weighted by atomic mass is 35.5. The fraction of sp³-hybridized carbons (Fsp3) is 0.0769. The van der Waals surface area contributed by atoms with Crippen LogP contribution in [-0.4, -0.2) is 21.9 Å². The number of halogens is 1. The Morgan fingerprint density at radius 2 is 2.17 bits per heavy atom. The highest BCUT2D eigenvalue weighted by Crippen LogP contribution is 2.20. The van der Waals surface area contributed by atoms with Gasteiger partial charge in [0.1, 0.15) is 10.9 Å². The van der Waals surface area contributed by atoms with E-state index in [2.05, 4.69) is 10.1 Å². The van der Waals surface area contributed by atoms with Gasteiger partial charge in [-0.1, -0.05) is 17.7 Å². The summed E-state index contributed by atoms with van der Waals surface area (Å²) in [5.74, 6) is 0.795. The number of hydrogen-bond acceptors (Lipinski definition) is 3. The van der Waals surface area contributed by atoms with Gasteiger partial charge in [-0.15, -0.1) is 0 Å². The van der Waals surface area contributed by atoms with E-state index in [9.17, 15) is 0 Å². The van der Waals surface area contributed by atoms with Gasteiger partial charge in [-0.3, -0.25) is 0 Å². The van der Waals surface area contributed by atoms with Crippen LogP contribution in [0, 0.1) is 0 Å². The predicted molar refractivity (Wildman–Crippen MR) is 70.4 cm³/mol. The molecule has 0 atom stereocenters. The molecule has 0 aliphatic carbocycles. The van der Waals surface area contributed by atoms with E-state index >= 15 is 0 Å². The molecule has 0 bridgehead atoms. The molecule has 90 valence electrons. The lowest BCUT2D eigenvalue weighted by Gasteiger charge is -2.03. The summed E-state index contributed by atoms with van der Waals surface area (Å²) in [7, 11) is 1.64. The molecular weight excluding hydrogens is 250 g/mol. The first kappa shape index (κ1) is 11.0. The van der Waals surface area contributed by atoms with Crippen molar-refractivity contribution in [3.05, 3.63) is 47.9 Å². The van der Waals surface area contributed by atoms with E-state index in [4.69, 9.17) is 16.3 Å². The molecule has 0 radical (unpaired) electrons.